The molecule has 0 aromatic heterocycles. The molecule has 1 N–H and O–H groups in total. The van der Waals surface area contributed by atoms with Crippen LogP contribution >= 0.6 is 11.6 Å². The van der Waals surface area contributed by atoms with Crippen molar-refractivity contribution in [1.82, 2.24) is 10.2 Å². The van der Waals surface area contributed by atoms with Crippen LogP contribution in [0.3, 0.4) is 0 Å². The minimum absolute atomic E-state index is 0.0459. The highest BCUT2D eigenvalue weighted by atomic mass is 35.5. The number of nitrogens with one attached hydrogen (secondary N) is 1. The van der Waals surface area contributed by atoms with Crippen LogP contribution in [0.5, 0.6) is 0 Å². The molecule has 0 radical (unpaired) electrons. The number of benzene rings is 3. The Bertz CT molecular complexity index is 1380. The predicted octanol–water partition coefficient (Wildman–Crippen LogP) is 5.44. The Kier molecular flexibility index (Phi) is 10.2. The van der Waals surface area contributed by atoms with Gasteiger partial charge in [0, 0.05) is 12.6 Å². The lowest BCUT2D eigenvalue weighted by Crippen LogP contribution is -2.54. The summed E-state index contributed by atoms with van der Waals surface area (Å²) in [6.45, 7) is 1.64. The van der Waals surface area contributed by atoms with Gasteiger partial charge in [-0.15, -0.1) is 0 Å². The Morgan fingerprint density at radius 2 is 1.52 bits per heavy atom. The fourth-order valence-electron chi connectivity index (χ4n) is 5.15. The van der Waals surface area contributed by atoms with Crippen LogP contribution in [0.15, 0.2) is 89.8 Å². The maximum absolute atomic E-state index is 14.1. The van der Waals surface area contributed by atoms with Gasteiger partial charge in [0.1, 0.15) is 12.6 Å². The summed E-state index contributed by atoms with van der Waals surface area (Å²) < 4.78 is 28.7. The van der Waals surface area contributed by atoms with Gasteiger partial charge in [0.15, 0.2) is 0 Å². The first-order chi connectivity index (χ1) is 19.3. The van der Waals surface area contributed by atoms with Gasteiger partial charge in [-0.25, -0.2) is 8.42 Å². The Morgan fingerprint density at radius 3 is 2.15 bits per heavy atom. The van der Waals surface area contributed by atoms with Gasteiger partial charge in [0.05, 0.1) is 15.6 Å². The Balaban J connectivity index is 1.67. The van der Waals surface area contributed by atoms with Gasteiger partial charge in [0.2, 0.25) is 11.8 Å². The molecule has 0 saturated heterocycles. The molecule has 9 heteroatoms. The van der Waals surface area contributed by atoms with E-state index in [1.54, 1.807) is 42.5 Å². The van der Waals surface area contributed by atoms with Crippen molar-refractivity contribution in [2.45, 2.75) is 62.4 Å². The van der Waals surface area contributed by atoms with Crippen LogP contribution in [0.4, 0.5) is 5.69 Å². The minimum atomic E-state index is -4.14. The monoisotopic (exact) mass is 581 g/mol. The van der Waals surface area contributed by atoms with Gasteiger partial charge in [0.25, 0.3) is 10.0 Å². The van der Waals surface area contributed by atoms with Crippen molar-refractivity contribution in [3.8, 4) is 0 Å². The number of para-hydroxylation sites is 1. The molecule has 1 aliphatic rings. The molecule has 3 aromatic rings. The van der Waals surface area contributed by atoms with E-state index in [1.165, 1.54) is 17.0 Å². The summed E-state index contributed by atoms with van der Waals surface area (Å²) in [6.07, 6.45) is 4.92. The number of carbonyl (C=O) groups is 2. The number of hydrogen-bond acceptors (Lipinski definition) is 4. The van der Waals surface area contributed by atoms with E-state index >= 15 is 0 Å². The van der Waals surface area contributed by atoms with Crippen LogP contribution in [-0.4, -0.2) is 50.3 Å². The SMILES string of the molecule is CC[C@H](C(=O)NC1CCCC1)N(CCc1ccccc1)C(=O)CN(c1ccccc1Cl)S(=O)(=O)c1ccccc1. The van der Waals surface area contributed by atoms with E-state index in [-0.39, 0.29) is 34.1 Å². The summed E-state index contributed by atoms with van der Waals surface area (Å²) in [5.41, 5.74) is 1.22. The summed E-state index contributed by atoms with van der Waals surface area (Å²) in [5.74, 6) is -0.671. The molecule has 1 aliphatic carbocycles. The summed E-state index contributed by atoms with van der Waals surface area (Å²) in [7, 11) is -4.14. The van der Waals surface area contributed by atoms with Gasteiger partial charge < -0.3 is 10.2 Å². The van der Waals surface area contributed by atoms with E-state index < -0.39 is 28.5 Å². The quantitative estimate of drug-likeness (QED) is 0.308. The van der Waals surface area contributed by atoms with Crippen LogP contribution in [0.25, 0.3) is 0 Å². The molecule has 0 spiro atoms. The number of carbonyl (C=O) groups excluding carboxylic acids is 2. The third-order valence-corrected chi connectivity index (χ3v) is 9.40. The normalized spacial score (nSPS) is 14.4. The van der Waals surface area contributed by atoms with Crippen molar-refractivity contribution in [1.29, 1.82) is 0 Å². The molecule has 0 aliphatic heterocycles. The Labute approximate surface area is 242 Å². The average molecular weight is 582 g/mol. The second-order valence-electron chi connectivity index (χ2n) is 10.0. The zero-order chi connectivity index (χ0) is 28.5. The highest BCUT2D eigenvalue weighted by Crippen LogP contribution is 2.30. The third kappa shape index (κ3) is 7.23. The van der Waals surface area contributed by atoms with Gasteiger partial charge in [-0.3, -0.25) is 13.9 Å². The number of amides is 2. The molecule has 3 aromatic carbocycles. The number of rotatable bonds is 12. The number of nitrogens with zero attached hydrogens (tertiary/aromatic N) is 2. The lowest BCUT2D eigenvalue weighted by molar-refractivity contribution is -0.139. The lowest BCUT2D eigenvalue weighted by atomic mass is 10.1. The fraction of sp³-hybridized carbons (Fsp3) is 0.355. The minimum Gasteiger partial charge on any atom is -0.352 e. The Hall–Kier alpha value is -3.36. The van der Waals surface area contributed by atoms with Crippen LogP contribution in [-0.2, 0) is 26.0 Å². The number of anilines is 1. The van der Waals surface area contributed by atoms with Crippen LogP contribution in [0, 0.1) is 0 Å². The third-order valence-electron chi connectivity index (χ3n) is 7.30. The second-order valence-corrected chi connectivity index (χ2v) is 12.3. The fourth-order valence-corrected chi connectivity index (χ4v) is 6.89. The molecule has 0 bridgehead atoms. The maximum atomic E-state index is 14.1. The van der Waals surface area contributed by atoms with E-state index in [0.29, 0.717) is 12.8 Å². The molecule has 1 atom stereocenters. The molecule has 1 fully saturated rings. The molecule has 7 nitrogen and oxygen atoms in total. The highest BCUT2D eigenvalue weighted by Gasteiger charge is 2.34. The Morgan fingerprint density at radius 1 is 0.925 bits per heavy atom. The molecule has 1 saturated carbocycles. The topological polar surface area (TPSA) is 86.8 Å². The standard InChI is InChI=1S/C31H36ClN3O4S/c1-2-28(31(37)33-25-15-9-10-16-25)34(22-21-24-13-5-3-6-14-24)30(36)23-35(29-20-12-11-19-27(29)32)40(38,39)26-17-7-4-8-18-26/h3-8,11-14,17-20,25,28H,2,9-10,15-16,21-23H2,1H3,(H,33,37)/t28-/m1/s1. The van der Waals surface area contributed by atoms with Crippen LogP contribution in [0.1, 0.15) is 44.6 Å². The van der Waals surface area contributed by atoms with Crippen molar-refractivity contribution < 1.29 is 18.0 Å². The zero-order valence-electron chi connectivity index (χ0n) is 22.7. The zero-order valence-corrected chi connectivity index (χ0v) is 24.3. The first-order valence-electron chi connectivity index (χ1n) is 13.8. The van der Waals surface area contributed by atoms with Gasteiger partial charge in [-0.05, 0) is 55.5 Å². The summed E-state index contributed by atoms with van der Waals surface area (Å²) in [5, 5.41) is 3.33. The van der Waals surface area contributed by atoms with Crippen LogP contribution in [0.2, 0.25) is 5.02 Å². The van der Waals surface area contributed by atoms with Gasteiger partial charge in [-0.2, -0.15) is 0 Å². The van der Waals surface area contributed by atoms with E-state index in [4.69, 9.17) is 11.6 Å². The molecule has 40 heavy (non-hydrogen) atoms. The molecule has 212 valence electrons. The highest BCUT2D eigenvalue weighted by molar-refractivity contribution is 7.92. The molecule has 0 heterocycles. The largest absolute Gasteiger partial charge is 0.352 e. The maximum Gasteiger partial charge on any atom is 0.264 e. The second kappa shape index (κ2) is 13.8. The molecule has 4 rings (SSSR count). The summed E-state index contributed by atoms with van der Waals surface area (Å²) >= 11 is 6.46. The van der Waals surface area contributed by atoms with E-state index in [9.17, 15) is 18.0 Å². The van der Waals surface area contributed by atoms with Crippen molar-refractivity contribution >= 4 is 39.1 Å². The van der Waals surface area contributed by atoms with E-state index in [1.807, 2.05) is 37.3 Å². The first kappa shape index (κ1) is 29.6. The van der Waals surface area contributed by atoms with E-state index in [2.05, 4.69) is 5.32 Å². The molecule has 2 amide bonds. The molecular formula is C31H36ClN3O4S. The average Bonchev–Trinajstić information content (AvgIpc) is 3.48. The number of sulfonamides is 1. The van der Waals surface area contributed by atoms with E-state index in [0.717, 1.165) is 35.6 Å². The van der Waals surface area contributed by atoms with Crippen molar-refractivity contribution in [3.63, 3.8) is 0 Å². The first-order valence-corrected chi connectivity index (χ1v) is 15.6. The summed E-state index contributed by atoms with van der Waals surface area (Å²) in [4.78, 5) is 29.1. The summed E-state index contributed by atoms with van der Waals surface area (Å²) in [6, 6.07) is 23.6. The van der Waals surface area contributed by atoms with Crippen LogP contribution < -0.4 is 9.62 Å². The van der Waals surface area contributed by atoms with Crippen molar-refractivity contribution in [2.75, 3.05) is 17.4 Å². The van der Waals surface area contributed by atoms with Crippen molar-refractivity contribution in [2.24, 2.45) is 0 Å². The van der Waals surface area contributed by atoms with Crippen molar-refractivity contribution in [3.05, 3.63) is 95.5 Å². The smallest absolute Gasteiger partial charge is 0.264 e. The predicted molar refractivity (Wildman–Crippen MR) is 159 cm³/mol. The molecular weight excluding hydrogens is 546 g/mol. The number of hydrogen-bond donors (Lipinski definition) is 1. The molecule has 0 unspecified atom stereocenters. The number of halogens is 1. The van der Waals surface area contributed by atoms with Gasteiger partial charge in [-0.1, -0.05) is 92.0 Å². The van der Waals surface area contributed by atoms with Gasteiger partial charge >= 0.3 is 0 Å². The lowest BCUT2D eigenvalue weighted by Gasteiger charge is -2.34.